The van der Waals surface area contributed by atoms with E-state index in [1.165, 1.54) is 11.8 Å². The minimum absolute atomic E-state index is 0.0338. The molecule has 0 saturated carbocycles. The van der Waals surface area contributed by atoms with Gasteiger partial charge >= 0.3 is 0 Å². The molecule has 0 N–H and O–H groups in total. The van der Waals surface area contributed by atoms with Crippen LogP contribution in [0.25, 0.3) is 5.78 Å². The van der Waals surface area contributed by atoms with Crippen molar-refractivity contribution in [1.82, 2.24) is 29.7 Å². The lowest BCUT2D eigenvalue weighted by Gasteiger charge is -2.11. The molecule has 3 aromatic rings. The standard InChI is InChI=1S/C16H22N6OS/c1-8-9(2)17-14-19-15(20-22(14)10(8)3)24-11(4)12-18-13(21-23-12)16(5,6)7/h11H,1-7H3/t11-/m1/s1. The molecular formula is C16H22N6OS. The Morgan fingerprint density at radius 3 is 2.42 bits per heavy atom. The lowest BCUT2D eigenvalue weighted by atomic mass is 9.96. The van der Waals surface area contributed by atoms with Crippen molar-refractivity contribution in [2.45, 2.75) is 64.3 Å². The number of hydrogen-bond acceptors (Lipinski definition) is 7. The SMILES string of the molecule is Cc1nc2nc(S[C@H](C)c3nc(C(C)(C)C)no3)nn2c(C)c1C. The predicted molar refractivity (Wildman–Crippen MR) is 92.3 cm³/mol. The van der Waals surface area contributed by atoms with Crippen molar-refractivity contribution in [1.29, 1.82) is 0 Å². The highest BCUT2D eigenvalue weighted by Gasteiger charge is 2.24. The van der Waals surface area contributed by atoms with Gasteiger partial charge in [0.25, 0.3) is 5.78 Å². The third kappa shape index (κ3) is 3.02. The number of rotatable bonds is 3. The molecule has 8 heteroatoms. The Morgan fingerprint density at radius 1 is 1.08 bits per heavy atom. The van der Waals surface area contributed by atoms with Gasteiger partial charge in [-0.25, -0.2) is 9.50 Å². The van der Waals surface area contributed by atoms with Crippen LogP contribution in [0.5, 0.6) is 0 Å². The zero-order valence-electron chi connectivity index (χ0n) is 15.1. The molecule has 0 bridgehead atoms. The summed E-state index contributed by atoms with van der Waals surface area (Å²) in [6.07, 6.45) is 0. The van der Waals surface area contributed by atoms with Crippen LogP contribution in [0.15, 0.2) is 9.68 Å². The molecule has 3 aromatic heterocycles. The Labute approximate surface area is 145 Å². The number of aromatic nitrogens is 6. The highest BCUT2D eigenvalue weighted by atomic mass is 32.2. The number of thioether (sulfide) groups is 1. The summed E-state index contributed by atoms with van der Waals surface area (Å²) in [7, 11) is 0. The van der Waals surface area contributed by atoms with Crippen LogP contribution < -0.4 is 0 Å². The molecule has 24 heavy (non-hydrogen) atoms. The molecule has 7 nitrogen and oxygen atoms in total. The van der Waals surface area contributed by atoms with Crippen molar-refractivity contribution in [3.8, 4) is 0 Å². The van der Waals surface area contributed by atoms with Gasteiger partial charge in [-0.2, -0.15) is 9.97 Å². The maximum Gasteiger partial charge on any atom is 0.253 e. The molecule has 0 aliphatic carbocycles. The molecule has 0 amide bonds. The van der Waals surface area contributed by atoms with E-state index in [4.69, 9.17) is 4.52 Å². The average Bonchev–Trinajstić information content (AvgIpc) is 3.11. The summed E-state index contributed by atoms with van der Waals surface area (Å²) in [5.41, 5.74) is 3.02. The van der Waals surface area contributed by atoms with Crippen LogP contribution in [0, 0.1) is 20.8 Å². The maximum absolute atomic E-state index is 5.40. The van der Waals surface area contributed by atoms with E-state index in [1.54, 1.807) is 4.52 Å². The van der Waals surface area contributed by atoms with Gasteiger partial charge in [-0.3, -0.25) is 0 Å². The van der Waals surface area contributed by atoms with Crippen LogP contribution >= 0.6 is 11.8 Å². The monoisotopic (exact) mass is 346 g/mol. The molecule has 0 radical (unpaired) electrons. The molecule has 0 aliphatic heterocycles. The summed E-state index contributed by atoms with van der Waals surface area (Å²) in [5, 5.41) is 9.24. The van der Waals surface area contributed by atoms with E-state index in [1.807, 2.05) is 27.7 Å². The molecule has 3 heterocycles. The van der Waals surface area contributed by atoms with Gasteiger partial charge in [0.1, 0.15) is 0 Å². The number of nitrogens with zero attached hydrogens (tertiary/aromatic N) is 6. The normalized spacial score (nSPS) is 13.6. The lowest BCUT2D eigenvalue weighted by Crippen LogP contribution is -2.13. The maximum atomic E-state index is 5.40. The second-order valence-electron chi connectivity index (χ2n) is 6.98. The van der Waals surface area contributed by atoms with E-state index < -0.39 is 0 Å². The molecule has 0 aliphatic rings. The summed E-state index contributed by atoms with van der Waals surface area (Å²) >= 11 is 1.49. The fourth-order valence-corrected chi connectivity index (χ4v) is 2.98. The Kier molecular flexibility index (Phi) is 4.11. The van der Waals surface area contributed by atoms with E-state index in [-0.39, 0.29) is 10.7 Å². The minimum Gasteiger partial charge on any atom is -0.338 e. The highest BCUT2D eigenvalue weighted by Crippen LogP contribution is 2.33. The second kappa shape index (κ2) is 5.84. The molecule has 0 saturated heterocycles. The first-order chi connectivity index (χ1) is 11.2. The van der Waals surface area contributed by atoms with Crippen molar-refractivity contribution in [3.05, 3.63) is 28.7 Å². The molecule has 0 aromatic carbocycles. The predicted octanol–water partition coefficient (Wildman–Crippen LogP) is 3.58. The van der Waals surface area contributed by atoms with Crippen molar-refractivity contribution in [2.24, 2.45) is 0 Å². The molecule has 128 valence electrons. The number of fused-ring (bicyclic) bond motifs is 1. The van der Waals surface area contributed by atoms with Gasteiger partial charge in [0, 0.05) is 16.8 Å². The lowest BCUT2D eigenvalue weighted by molar-refractivity contribution is 0.364. The Bertz CT molecular complexity index is 892. The van der Waals surface area contributed by atoms with Crippen molar-refractivity contribution < 1.29 is 4.52 Å². The zero-order chi connectivity index (χ0) is 17.6. The van der Waals surface area contributed by atoms with Gasteiger partial charge in [0.15, 0.2) is 5.82 Å². The van der Waals surface area contributed by atoms with E-state index in [9.17, 15) is 0 Å². The van der Waals surface area contributed by atoms with Gasteiger partial charge in [-0.15, -0.1) is 5.10 Å². The van der Waals surface area contributed by atoms with Crippen molar-refractivity contribution in [2.75, 3.05) is 0 Å². The van der Waals surface area contributed by atoms with Gasteiger partial charge in [0.05, 0.1) is 5.25 Å². The topological polar surface area (TPSA) is 82.0 Å². The van der Waals surface area contributed by atoms with Crippen LogP contribution in [0.4, 0.5) is 0 Å². The van der Waals surface area contributed by atoms with E-state index in [0.29, 0.717) is 22.6 Å². The molecule has 0 fully saturated rings. The number of hydrogen-bond donors (Lipinski definition) is 0. The fraction of sp³-hybridized carbons (Fsp3) is 0.562. The van der Waals surface area contributed by atoms with Gasteiger partial charge in [-0.05, 0) is 33.3 Å². The summed E-state index contributed by atoms with van der Waals surface area (Å²) in [4.78, 5) is 13.5. The average molecular weight is 346 g/mol. The van der Waals surface area contributed by atoms with Crippen LogP contribution in [0.1, 0.15) is 61.6 Å². The quantitative estimate of drug-likeness (QED) is 0.670. The highest BCUT2D eigenvalue weighted by molar-refractivity contribution is 7.99. The molecular weight excluding hydrogens is 324 g/mol. The minimum atomic E-state index is -0.135. The van der Waals surface area contributed by atoms with Crippen molar-refractivity contribution >= 4 is 17.5 Å². The van der Waals surface area contributed by atoms with Crippen LogP contribution in [-0.2, 0) is 5.41 Å². The largest absolute Gasteiger partial charge is 0.338 e. The first kappa shape index (κ1) is 16.9. The summed E-state index contributed by atoms with van der Waals surface area (Å²) < 4.78 is 7.18. The van der Waals surface area contributed by atoms with E-state index >= 15 is 0 Å². The molecule has 3 rings (SSSR count). The van der Waals surface area contributed by atoms with Gasteiger partial charge in [-0.1, -0.05) is 37.7 Å². The third-order valence-electron chi connectivity index (χ3n) is 3.98. The smallest absolute Gasteiger partial charge is 0.253 e. The fourth-order valence-electron chi connectivity index (χ4n) is 2.20. The van der Waals surface area contributed by atoms with Crippen LogP contribution in [0.3, 0.4) is 0 Å². The first-order valence-electron chi connectivity index (χ1n) is 7.88. The van der Waals surface area contributed by atoms with E-state index in [0.717, 1.165) is 17.0 Å². The second-order valence-corrected chi connectivity index (χ2v) is 8.29. The Hall–Kier alpha value is -1.96. The summed E-state index contributed by atoms with van der Waals surface area (Å²) in [5.74, 6) is 1.91. The Balaban J connectivity index is 1.87. The zero-order valence-corrected chi connectivity index (χ0v) is 15.9. The first-order valence-corrected chi connectivity index (χ1v) is 8.76. The van der Waals surface area contributed by atoms with Crippen molar-refractivity contribution in [3.63, 3.8) is 0 Å². The summed E-state index contributed by atoms with van der Waals surface area (Å²) in [6.45, 7) is 14.2. The van der Waals surface area contributed by atoms with Gasteiger partial charge in [0.2, 0.25) is 11.0 Å². The third-order valence-corrected chi connectivity index (χ3v) is 4.92. The van der Waals surface area contributed by atoms with Crippen LogP contribution in [-0.4, -0.2) is 29.7 Å². The Morgan fingerprint density at radius 2 is 1.79 bits per heavy atom. The molecule has 0 unspecified atom stereocenters. The number of aryl methyl sites for hydroxylation is 2. The summed E-state index contributed by atoms with van der Waals surface area (Å²) in [6, 6.07) is 0. The molecule has 0 spiro atoms. The molecule has 1 atom stereocenters. The van der Waals surface area contributed by atoms with Gasteiger partial charge < -0.3 is 4.52 Å². The van der Waals surface area contributed by atoms with E-state index in [2.05, 4.69) is 46.0 Å². The van der Waals surface area contributed by atoms with Crippen LogP contribution in [0.2, 0.25) is 0 Å².